The summed E-state index contributed by atoms with van der Waals surface area (Å²) in [5.74, 6) is 0.856. The van der Waals surface area contributed by atoms with Gasteiger partial charge in [0.05, 0.1) is 24.4 Å². The maximum absolute atomic E-state index is 11.9. The fourth-order valence-corrected chi connectivity index (χ4v) is 2.81. The fraction of sp³-hybridized carbons (Fsp3) is 0.250. The van der Waals surface area contributed by atoms with E-state index in [4.69, 9.17) is 9.47 Å². The monoisotopic (exact) mass is 447 g/mol. The first kappa shape index (κ1) is 21.4. The number of anilines is 1. The van der Waals surface area contributed by atoms with Gasteiger partial charge in [0.2, 0.25) is 11.8 Å². The molecule has 0 saturated carbocycles. The van der Waals surface area contributed by atoms with Crippen LogP contribution in [-0.4, -0.2) is 31.7 Å². The number of carbonyl (C=O) groups excluding carboxylic acids is 2. The van der Waals surface area contributed by atoms with Gasteiger partial charge in [-0.3, -0.25) is 9.59 Å². The van der Waals surface area contributed by atoms with E-state index >= 15 is 0 Å². The highest BCUT2D eigenvalue weighted by Crippen LogP contribution is 2.24. The Kier molecular flexibility index (Phi) is 8.48. The second-order valence-corrected chi connectivity index (χ2v) is 6.55. The molecule has 0 aromatic heterocycles. The highest BCUT2D eigenvalue weighted by atomic mass is 79.9. The van der Waals surface area contributed by atoms with E-state index in [9.17, 15) is 9.59 Å². The van der Waals surface area contributed by atoms with Gasteiger partial charge in [-0.1, -0.05) is 0 Å². The zero-order valence-corrected chi connectivity index (χ0v) is 17.3. The van der Waals surface area contributed by atoms with Crippen LogP contribution in [0.15, 0.2) is 52.0 Å². The second kappa shape index (κ2) is 11.1. The Morgan fingerprint density at radius 1 is 1.11 bits per heavy atom. The second-order valence-electron chi connectivity index (χ2n) is 5.69. The number of ether oxygens (including phenoxy) is 2. The van der Waals surface area contributed by atoms with E-state index < -0.39 is 0 Å². The van der Waals surface area contributed by atoms with Gasteiger partial charge in [-0.05, 0) is 70.9 Å². The van der Waals surface area contributed by atoms with E-state index in [0.717, 1.165) is 15.8 Å². The van der Waals surface area contributed by atoms with Crippen LogP contribution in [0.4, 0.5) is 5.69 Å². The Bertz CT molecular complexity index is 838. The minimum atomic E-state index is -0.342. The van der Waals surface area contributed by atoms with Crippen molar-refractivity contribution in [1.82, 2.24) is 5.43 Å². The maximum Gasteiger partial charge on any atom is 0.240 e. The molecule has 0 saturated heterocycles. The average Bonchev–Trinajstić information content (AvgIpc) is 2.68. The van der Waals surface area contributed by atoms with Crippen molar-refractivity contribution in [3.63, 3.8) is 0 Å². The molecule has 0 bridgehead atoms. The summed E-state index contributed by atoms with van der Waals surface area (Å²) in [4.78, 5) is 23.8. The van der Waals surface area contributed by atoms with Crippen LogP contribution in [0.2, 0.25) is 0 Å². The standard InChI is InChI=1S/C20H22BrN3O4/c1-3-28-16-7-5-15(6-8-16)23-19(25)10-11-20(26)24-22-13-14-4-9-18(27-2)17(21)12-14/h4-9,12-13H,3,10-11H2,1-2H3,(H,23,25)(H,24,26). The minimum absolute atomic E-state index is 0.0342. The fourth-order valence-electron chi connectivity index (χ4n) is 2.25. The quantitative estimate of drug-likeness (QED) is 0.452. The van der Waals surface area contributed by atoms with Crippen LogP contribution in [-0.2, 0) is 9.59 Å². The van der Waals surface area contributed by atoms with Crippen molar-refractivity contribution >= 4 is 39.6 Å². The third-order valence-electron chi connectivity index (χ3n) is 3.61. The Labute approximate surface area is 172 Å². The highest BCUT2D eigenvalue weighted by molar-refractivity contribution is 9.10. The highest BCUT2D eigenvalue weighted by Gasteiger charge is 2.07. The molecule has 0 unspecified atom stereocenters. The lowest BCUT2D eigenvalue weighted by atomic mass is 10.2. The van der Waals surface area contributed by atoms with E-state index in [0.29, 0.717) is 18.0 Å². The van der Waals surface area contributed by atoms with Crippen molar-refractivity contribution in [3.8, 4) is 11.5 Å². The van der Waals surface area contributed by atoms with Crippen LogP contribution >= 0.6 is 15.9 Å². The van der Waals surface area contributed by atoms with Crippen LogP contribution in [0.5, 0.6) is 11.5 Å². The van der Waals surface area contributed by atoms with Crippen LogP contribution in [0.3, 0.4) is 0 Å². The molecule has 2 rings (SSSR count). The zero-order chi connectivity index (χ0) is 20.4. The first-order chi connectivity index (χ1) is 13.5. The summed E-state index contributed by atoms with van der Waals surface area (Å²) in [7, 11) is 1.58. The van der Waals surface area contributed by atoms with Crippen molar-refractivity contribution < 1.29 is 19.1 Å². The molecule has 2 aromatic carbocycles. The van der Waals surface area contributed by atoms with Gasteiger partial charge < -0.3 is 14.8 Å². The molecule has 2 aromatic rings. The molecule has 2 N–H and O–H groups in total. The number of halogens is 1. The maximum atomic E-state index is 11.9. The summed E-state index contributed by atoms with van der Waals surface area (Å²) < 4.78 is 11.3. The van der Waals surface area contributed by atoms with Gasteiger partial charge in [0, 0.05) is 18.5 Å². The number of nitrogens with zero attached hydrogens (tertiary/aromatic N) is 1. The van der Waals surface area contributed by atoms with Gasteiger partial charge in [0.1, 0.15) is 11.5 Å². The van der Waals surface area contributed by atoms with Crippen molar-refractivity contribution in [2.24, 2.45) is 5.10 Å². The molecule has 7 nitrogen and oxygen atoms in total. The van der Waals surface area contributed by atoms with E-state index in [1.807, 2.05) is 19.1 Å². The molecule has 0 fully saturated rings. The third kappa shape index (κ3) is 7.03. The molecule has 2 amide bonds. The van der Waals surface area contributed by atoms with E-state index in [1.165, 1.54) is 6.21 Å². The lowest BCUT2D eigenvalue weighted by Crippen LogP contribution is -2.20. The summed E-state index contributed by atoms with van der Waals surface area (Å²) in [6, 6.07) is 12.5. The topological polar surface area (TPSA) is 89.0 Å². The number of methoxy groups -OCH3 is 1. The van der Waals surface area contributed by atoms with Gasteiger partial charge in [-0.25, -0.2) is 5.43 Å². The normalized spacial score (nSPS) is 10.5. The average molecular weight is 448 g/mol. The van der Waals surface area contributed by atoms with Crippen molar-refractivity contribution in [1.29, 1.82) is 0 Å². The minimum Gasteiger partial charge on any atom is -0.496 e. The van der Waals surface area contributed by atoms with Gasteiger partial charge in [0.25, 0.3) is 0 Å². The lowest BCUT2D eigenvalue weighted by Gasteiger charge is -2.07. The molecule has 0 aliphatic rings. The first-order valence-corrected chi connectivity index (χ1v) is 9.49. The number of hydrogen-bond acceptors (Lipinski definition) is 5. The largest absolute Gasteiger partial charge is 0.496 e. The van der Waals surface area contributed by atoms with Crippen LogP contribution in [0.1, 0.15) is 25.3 Å². The molecule has 0 radical (unpaired) electrons. The third-order valence-corrected chi connectivity index (χ3v) is 4.23. The molecule has 0 aliphatic heterocycles. The summed E-state index contributed by atoms with van der Waals surface area (Å²) in [6.07, 6.45) is 1.61. The zero-order valence-electron chi connectivity index (χ0n) is 15.7. The van der Waals surface area contributed by atoms with Gasteiger partial charge in [-0.15, -0.1) is 0 Å². The van der Waals surface area contributed by atoms with E-state index in [-0.39, 0.29) is 24.7 Å². The van der Waals surface area contributed by atoms with Crippen LogP contribution in [0.25, 0.3) is 0 Å². The number of hydrogen-bond donors (Lipinski definition) is 2. The molecular formula is C20H22BrN3O4. The smallest absolute Gasteiger partial charge is 0.240 e. The van der Waals surface area contributed by atoms with Crippen LogP contribution in [0, 0.1) is 0 Å². The number of carbonyl (C=O) groups is 2. The predicted molar refractivity (Wildman–Crippen MR) is 112 cm³/mol. The molecule has 0 atom stereocenters. The summed E-state index contributed by atoms with van der Waals surface area (Å²) in [5.41, 5.74) is 3.85. The molecule has 28 heavy (non-hydrogen) atoms. The number of nitrogens with one attached hydrogen (secondary N) is 2. The Balaban J connectivity index is 1.74. The molecule has 148 valence electrons. The van der Waals surface area contributed by atoms with E-state index in [1.54, 1.807) is 37.4 Å². The number of hydrazone groups is 1. The Hall–Kier alpha value is -2.87. The molecule has 0 heterocycles. The van der Waals surface area contributed by atoms with Gasteiger partial charge in [-0.2, -0.15) is 5.10 Å². The Morgan fingerprint density at radius 2 is 1.82 bits per heavy atom. The van der Waals surface area contributed by atoms with Gasteiger partial charge in [0.15, 0.2) is 0 Å². The van der Waals surface area contributed by atoms with E-state index in [2.05, 4.69) is 31.8 Å². The molecule has 0 spiro atoms. The number of amides is 2. The molecule has 8 heteroatoms. The predicted octanol–water partition coefficient (Wildman–Crippen LogP) is 3.73. The molecule has 0 aliphatic carbocycles. The SMILES string of the molecule is CCOc1ccc(NC(=O)CCC(=O)NN=Cc2ccc(OC)c(Br)c2)cc1. The number of benzene rings is 2. The summed E-state index contributed by atoms with van der Waals surface area (Å²) in [6.45, 7) is 2.49. The molecular weight excluding hydrogens is 426 g/mol. The van der Waals surface area contributed by atoms with Crippen molar-refractivity contribution in [3.05, 3.63) is 52.5 Å². The number of rotatable bonds is 9. The van der Waals surface area contributed by atoms with Crippen molar-refractivity contribution in [2.75, 3.05) is 19.0 Å². The lowest BCUT2D eigenvalue weighted by molar-refractivity contribution is -0.124. The van der Waals surface area contributed by atoms with Crippen molar-refractivity contribution in [2.45, 2.75) is 19.8 Å². The Morgan fingerprint density at radius 3 is 2.46 bits per heavy atom. The summed E-state index contributed by atoms with van der Waals surface area (Å²) >= 11 is 3.38. The first-order valence-electron chi connectivity index (χ1n) is 8.70. The van der Waals surface area contributed by atoms with Crippen LogP contribution < -0.4 is 20.2 Å². The van der Waals surface area contributed by atoms with Gasteiger partial charge >= 0.3 is 0 Å². The summed E-state index contributed by atoms with van der Waals surface area (Å²) in [5, 5.41) is 6.63.